The number of nitrogens with zero attached hydrogens (tertiary/aromatic N) is 3. The molecule has 2 aliphatic rings. The van der Waals surface area contributed by atoms with Gasteiger partial charge in [-0.1, -0.05) is 49.0 Å². The summed E-state index contributed by atoms with van der Waals surface area (Å²) in [6.07, 6.45) is 9.04. The molecular weight excluding hydrogens is 364 g/mol. The zero-order valence-electron chi connectivity index (χ0n) is 18.0. The van der Waals surface area contributed by atoms with Crippen molar-refractivity contribution in [3.63, 3.8) is 0 Å². The first-order chi connectivity index (χ1) is 14.0. The highest BCUT2D eigenvalue weighted by atomic mass is 16.6. The van der Waals surface area contributed by atoms with Crippen LogP contribution in [0.2, 0.25) is 0 Å². The predicted molar refractivity (Wildman–Crippen MR) is 116 cm³/mol. The van der Waals surface area contributed by atoms with Gasteiger partial charge in [-0.3, -0.25) is 9.69 Å². The number of piperidine rings is 1. The van der Waals surface area contributed by atoms with Gasteiger partial charge in [-0.25, -0.2) is 0 Å². The molecule has 6 nitrogen and oxygen atoms in total. The van der Waals surface area contributed by atoms with Crippen LogP contribution in [0, 0.1) is 0 Å². The van der Waals surface area contributed by atoms with Gasteiger partial charge in [-0.05, 0) is 57.3 Å². The van der Waals surface area contributed by atoms with Gasteiger partial charge in [-0.15, -0.1) is 0 Å². The predicted octanol–water partition coefficient (Wildman–Crippen LogP) is 3.49. The largest absolute Gasteiger partial charge is 0.381 e. The fourth-order valence-electron chi connectivity index (χ4n) is 4.37. The van der Waals surface area contributed by atoms with E-state index in [1.807, 2.05) is 24.1 Å². The lowest BCUT2D eigenvalue weighted by atomic mass is 9.94. The highest BCUT2D eigenvalue weighted by Gasteiger charge is 2.26. The Labute approximate surface area is 175 Å². The summed E-state index contributed by atoms with van der Waals surface area (Å²) < 4.78 is 0. The number of benzene rings is 1. The van der Waals surface area contributed by atoms with Crippen molar-refractivity contribution in [1.29, 1.82) is 0 Å². The van der Waals surface area contributed by atoms with E-state index in [9.17, 15) is 4.79 Å². The first-order valence-corrected chi connectivity index (χ1v) is 11.1. The quantitative estimate of drug-likeness (QED) is 0.432. The van der Waals surface area contributed by atoms with Crippen molar-refractivity contribution < 1.29 is 9.63 Å². The van der Waals surface area contributed by atoms with E-state index in [0.29, 0.717) is 11.9 Å². The number of carbonyl (C=O) groups is 1. The van der Waals surface area contributed by atoms with Gasteiger partial charge in [0.15, 0.2) is 5.84 Å². The maximum Gasteiger partial charge on any atom is 0.266 e. The van der Waals surface area contributed by atoms with E-state index in [4.69, 9.17) is 10.6 Å². The molecule has 2 N–H and O–H groups in total. The van der Waals surface area contributed by atoms with Crippen LogP contribution in [0.1, 0.15) is 69.4 Å². The topological polar surface area (TPSA) is 71.2 Å². The molecule has 1 aliphatic heterocycles. The van der Waals surface area contributed by atoms with E-state index in [0.717, 1.165) is 38.0 Å². The molecule has 1 aromatic carbocycles. The van der Waals surface area contributed by atoms with Gasteiger partial charge in [0.25, 0.3) is 5.91 Å². The number of amides is 1. The average Bonchev–Trinajstić information content (AvgIpc) is 2.77. The third-order valence-corrected chi connectivity index (χ3v) is 6.20. The fraction of sp³-hybridized carbons (Fsp3) is 0.652. The van der Waals surface area contributed by atoms with E-state index in [1.165, 1.54) is 44.1 Å². The van der Waals surface area contributed by atoms with Crippen molar-refractivity contribution in [3.8, 4) is 0 Å². The van der Waals surface area contributed by atoms with Crippen LogP contribution in [0.15, 0.2) is 29.4 Å². The van der Waals surface area contributed by atoms with E-state index in [2.05, 4.69) is 22.2 Å². The lowest BCUT2D eigenvalue weighted by molar-refractivity contribution is -0.144. The minimum Gasteiger partial charge on any atom is -0.381 e. The highest BCUT2D eigenvalue weighted by Crippen LogP contribution is 2.22. The third-order valence-electron chi connectivity index (χ3n) is 6.20. The number of likely N-dealkylation sites (tertiary alicyclic amines) is 1. The fourth-order valence-corrected chi connectivity index (χ4v) is 4.37. The van der Waals surface area contributed by atoms with Gasteiger partial charge in [0.2, 0.25) is 6.10 Å². The van der Waals surface area contributed by atoms with Crippen LogP contribution in [-0.4, -0.2) is 53.8 Å². The van der Waals surface area contributed by atoms with Gasteiger partial charge in [0, 0.05) is 25.2 Å². The number of hydrogen-bond acceptors (Lipinski definition) is 4. The first-order valence-electron chi connectivity index (χ1n) is 11.1. The Morgan fingerprint density at radius 2 is 1.90 bits per heavy atom. The summed E-state index contributed by atoms with van der Waals surface area (Å²) in [6, 6.07) is 8.44. The number of carbonyl (C=O) groups excluding carboxylic acids is 1. The maximum atomic E-state index is 12.7. The second-order valence-electron chi connectivity index (χ2n) is 8.50. The Bertz CT molecular complexity index is 694. The molecule has 1 amide bonds. The molecule has 29 heavy (non-hydrogen) atoms. The minimum absolute atomic E-state index is 0.0349. The first kappa shape index (κ1) is 21.6. The van der Waals surface area contributed by atoms with Crippen LogP contribution < -0.4 is 5.73 Å². The molecule has 0 radical (unpaired) electrons. The van der Waals surface area contributed by atoms with Crippen LogP contribution >= 0.6 is 0 Å². The Balaban J connectivity index is 1.55. The molecule has 160 valence electrons. The molecule has 0 spiro atoms. The molecule has 2 fully saturated rings. The van der Waals surface area contributed by atoms with Crippen LogP contribution in [-0.2, 0) is 16.2 Å². The van der Waals surface area contributed by atoms with E-state index in [1.54, 1.807) is 6.92 Å². The molecule has 0 aromatic heterocycles. The zero-order valence-corrected chi connectivity index (χ0v) is 18.0. The molecule has 1 aromatic rings. The van der Waals surface area contributed by atoms with Gasteiger partial charge in [0.05, 0.1) is 0 Å². The van der Waals surface area contributed by atoms with Crippen LogP contribution in [0.3, 0.4) is 0 Å². The maximum absolute atomic E-state index is 12.7. The number of rotatable bonds is 7. The molecule has 1 aliphatic carbocycles. The summed E-state index contributed by atoms with van der Waals surface area (Å²) in [5, 5.41) is 4.06. The Morgan fingerprint density at radius 1 is 1.21 bits per heavy atom. The number of likely N-dealkylation sites (N-methyl/N-ethyl adjacent to an activating group) is 1. The molecule has 1 saturated carbocycles. The second-order valence-corrected chi connectivity index (χ2v) is 8.50. The summed E-state index contributed by atoms with van der Waals surface area (Å²) in [5.41, 5.74) is 8.21. The van der Waals surface area contributed by atoms with Gasteiger partial charge in [0.1, 0.15) is 0 Å². The summed E-state index contributed by atoms with van der Waals surface area (Å²) >= 11 is 0. The molecule has 1 unspecified atom stereocenters. The van der Waals surface area contributed by atoms with Crippen molar-refractivity contribution in [1.82, 2.24) is 9.80 Å². The normalized spacial score (nSPS) is 20.3. The Morgan fingerprint density at radius 3 is 2.62 bits per heavy atom. The van der Waals surface area contributed by atoms with Crippen LogP contribution in [0.25, 0.3) is 0 Å². The lowest BCUT2D eigenvalue weighted by Gasteiger charge is -2.32. The number of hydrogen-bond donors (Lipinski definition) is 1. The Hall–Kier alpha value is -2.08. The molecule has 6 heteroatoms. The molecule has 1 atom stereocenters. The lowest BCUT2D eigenvalue weighted by Crippen LogP contribution is -2.43. The molecule has 3 rings (SSSR count). The number of oxime groups is 1. The third kappa shape index (κ3) is 6.20. The molecule has 1 heterocycles. The van der Waals surface area contributed by atoms with Crippen molar-refractivity contribution in [2.24, 2.45) is 10.9 Å². The minimum atomic E-state index is -0.642. The number of nitrogens with two attached hydrogens (primary N) is 1. The van der Waals surface area contributed by atoms with Gasteiger partial charge >= 0.3 is 0 Å². The van der Waals surface area contributed by atoms with Gasteiger partial charge < -0.3 is 15.5 Å². The summed E-state index contributed by atoms with van der Waals surface area (Å²) in [4.78, 5) is 22.4. The molecule has 0 bridgehead atoms. The molecule has 1 saturated heterocycles. The average molecular weight is 401 g/mol. The Kier molecular flexibility index (Phi) is 7.92. The van der Waals surface area contributed by atoms with Crippen molar-refractivity contribution >= 4 is 11.7 Å². The van der Waals surface area contributed by atoms with Crippen LogP contribution in [0.4, 0.5) is 0 Å². The SMILES string of the molecule is CC(ON=C(N)c1cccc(CN2CCCCC2)c1)C(=O)N(C)C1CCCCC1. The number of amidine groups is 1. The van der Waals surface area contributed by atoms with Crippen molar-refractivity contribution in [2.45, 2.75) is 77.0 Å². The molecular formula is C23H36N4O2. The van der Waals surface area contributed by atoms with E-state index in [-0.39, 0.29) is 5.91 Å². The monoisotopic (exact) mass is 400 g/mol. The summed E-state index contributed by atoms with van der Waals surface area (Å²) in [6.45, 7) is 4.99. The summed E-state index contributed by atoms with van der Waals surface area (Å²) in [7, 11) is 1.87. The smallest absolute Gasteiger partial charge is 0.266 e. The van der Waals surface area contributed by atoms with E-state index < -0.39 is 6.10 Å². The summed E-state index contributed by atoms with van der Waals surface area (Å²) in [5.74, 6) is 0.276. The van der Waals surface area contributed by atoms with Crippen LogP contribution in [0.5, 0.6) is 0 Å². The van der Waals surface area contributed by atoms with Crippen molar-refractivity contribution in [2.75, 3.05) is 20.1 Å². The highest BCUT2D eigenvalue weighted by molar-refractivity contribution is 5.97. The zero-order chi connectivity index (χ0) is 20.6. The standard InChI is InChI=1S/C23H36N4O2/c1-18(23(28)26(2)21-12-5-3-6-13-21)29-25-22(24)20-11-9-10-19(16-20)17-27-14-7-4-8-15-27/h9-11,16,18,21H,3-8,12-15,17H2,1-2H3,(H2,24,25). The second kappa shape index (κ2) is 10.6. The van der Waals surface area contributed by atoms with Gasteiger partial charge in [-0.2, -0.15) is 0 Å². The van der Waals surface area contributed by atoms with E-state index >= 15 is 0 Å². The van der Waals surface area contributed by atoms with Crippen molar-refractivity contribution in [3.05, 3.63) is 35.4 Å².